The highest BCUT2D eigenvalue weighted by molar-refractivity contribution is 7.09. The Bertz CT molecular complexity index is 670. The maximum Gasteiger partial charge on any atom is 0.288 e. The minimum absolute atomic E-state index is 0.0221. The van der Waals surface area contributed by atoms with Crippen LogP contribution in [0.4, 0.5) is 11.5 Å². The van der Waals surface area contributed by atoms with Crippen LogP contribution in [0.25, 0.3) is 0 Å². The van der Waals surface area contributed by atoms with Crippen molar-refractivity contribution < 1.29 is 9.72 Å². The van der Waals surface area contributed by atoms with Gasteiger partial charge in [-0.05, 0) is 6.92 Å². The first-order valence-corrected chi connectivity index (χ1v) is 6.44. The third kappa shape index (κ3) is 3.06. The van der Waals surface area contributed by atoms with Crippen molar-refractivity contribution in [3.05, 3.63) is 44.0 Å². The lowest BCUT2D eigenvalue weighted by molar-refractivity contribution is -0.385. The molecule has 0 spiro atoms. The van der Waals surface area contributed by atoms with Crippen molar-refractivity contribution in [2.75, 3.05) is 5.73 Å². The van der Waals surface area contributed by atoms with E-state index in [1.54, 1.807) is 0 Å². The number of hydrogen-bond acceptors (Lipinski definition) is 7. The molecule has 0 aliphatic heterocycles. The van der Waals surface area contributed by atoms with Crippen molar-refractivity contribution in [1.82, 2.24) is 15.3 Å². The highest BCUT2D eigenvalue weighted by Crippen LogP contribution is 2.16. The number of anilines is 1. The van der Waals surface area contributed by atoms with Gasteiger partial charge in [-0.25, -0.2) is 9.97 Å². The second kappa shape index (κ2) is 5.61. The van der Waals surface area contributed by atoms with Gasteiger partial charge in [-0.3, -0.25) is 14.9 Å². The van der Waals surface area contributed by atoms with Gasteiger partial charge in [0.25, 0.3) is 11.6 Å². The number of carbonyl (C=O) groups is 1. The largest absolute Gasteiger partial charge is 0.383 e. The van der Waals surface area contributed by atoms with Gasteiger partial charge in [0, 0.05) is 11.4 Å². The molecule has 0 aliphatic carbocycles. The normalized spacial score (nSPS) is 10.2. The summed E-state index contributed by atoms with van der Waals surface area (Å²) in [5.74, 6) is -0.577. The van der Waals surface area contributed by atoms with E-state index >= 15 is 0 Å². The maximum atomic E-state index is 11.9. The smallest absolute Gasteiger partial charge is 0.288 e. The zero-order chi connectivity index (χ0) is 14.7. The van der Waals surface area contributed by atoms with Crippen LogP contribution in [0.3, 0.4) is 0 Å². The molecule has 8 nitrogen and oxygen atoms in total. The Morgan fingerprint density at radius 2 is 2.35 bits per heavy atom. The molecular weight excluding hydrogens is 282 g/mol. The van der Waals surface area contributed by atoms with Gasteiger partial charge in [-0.1, -0.05) is 0 Å². The highest BCUT2D eigenvalue weighted by Gasteiger charge is 2.16. The average Bonchev–Trinajstić information content (AvgIpc) is 2.82. The number of rotatable bonds is 4. The van der Waals surface area contributed by atoms with Gasteiger partial charge in [-0.15, -0.1) is 11.3 Å². The fourth-order valence-corrected chi connectivity index (χ4v) is 2.11. The molecule has 104 valence electrons. The summed E-state index contributed by atoms with van der Waals surface area (Å²) < 4.78 is 0. The van der Waals surface area contributed by atoms with Crippen LogP contribution in [0.1, 0.15) is 21.1 Å². The first kappa shape index (κ1) is 13.9. The molecule has 0 aliphatic rings. The molecule has 0 atom stereocenters. The number of nitrogens with zero attached hydrogens (tertiary/aromatic N) is 3. The van der Waals surface area contributed by atoms with E-state index in [2.05, 4.69) is 15.3 Å². The predicted octanol–water partition coefficient (Wildman–Crippen LogP) is 1.27. The number of carbonyl (C=O) groups excluding carboxylic acids is 1. The summed E-state index contributed by atoms with van der Waals surface area (Å²) in [6, 6.07) is 1.10. The van der Waals surface area contributed by atoms with Crippen LogP contribution in [-0.4, -0.2) is 20.8 Å². The summed E-state index contributed by atoms with van der Waals surface area (Å²) in [5.41, 5.74) is 5.97. The molecule has 0 bridgehead atoms. The number of nitrogens with two attached hydrogens (primary N) is 1. The lowest BCUT2D eigenvalue weighted by atomic mass is 10.2. The van der Waals surface area contributed by atoms with Crippen molar-refractivity contribution in [3.63, 3.8) is 0 Å². The number of nitrogen functional groups attached to an aromatic ring is 1. The second-order valence-corrected chi connectivity index (χ2v) is 4.99. The molecule has 0 fully saturated rings. The summed E-state index contributed by atoms with van der Waals surface area (Å²) in [6.07, 6.45) is 1.01. The number of hydrogen-bond donors (Lipinski definition) is 2. The fourth-order valence-electron chi connectivity index (χ4n) is 1.50. The van der Waals surface area contributed by atoms with Gasteiger partial charge >= 0.3 is 0 Å². The van der Waals surface area contributed by atoms with E-state index in [0.717, 1.165) is 23.0 Å². The lowest BCUT2D eigenvalue weighted by Gasteiger charge is -2.05. The van der Waals surface area contributed by atoms with Crippen LogP contribution in [0.5, 0.6) is 0 Å². The standard InChI is InChI=1S/C11H11N5O3S/c1-6-15-7(5-20-6)3-14-11(17)9-2-8(16(18)19)4-13-10(9)12/h2,4-5H,3H2,1H3,(H2,12,13)(H,14,17). The van der Waals surface area contributed by atoms with Gasteiger partial charge in [-0.2, -0.15) is 0 Å². The van der Waals surface area contributed by atoms with E-state index in [1.807, 2.05) is 12.3 Å². The molecule has 1 amide bonds. The first-order chi connectivity index (χ1) is 9.47. The van der Waals surface area contributed by atoms with Crippen molar-refractivity contribution >= 4 is 28.7 Å². The number of aryl methyl sites for hydroxylation is 1. The van der Waals surface area contributed by atoms with Crippen molar-refractivity contribution in [3.8, 4) is 0 Å². The number of amides is 1. The Kier molecular flexibility index (Phi) is 3.89. The van der Waals surface area contributed by atoms with Crippen molar-refractivity contribution in [2.45, 2.75) is 13.5 Å². The Morgan fingerprint density at radius 1 is 1.60 bits per heavy atom. The van der Waals surface area contributed by atoms with Crippen molar-refractivity contribution in [2.24, 2.45) is 0 Å². The summed E-state index contributed by atoms with van der Waals surface area (Å²) in [4.78, 5) is 29.8. The Balaban J connectivity index is 2.12. The van der Waals surface area contributed by atoms with Gasteiger partial charge in [0.2, 0.25) is 0 Å². The van der Waals surface area contributed by atoms with Gasteiger partial charge in [0.05, 0.1) is 27.7 Å². The van der Waals surface area contributed by atoms with E-state index < -0.39 is 10.8 Å². The Hall–Kier alpha value is -2.55. The third-order valence-electron chi connectivity index (χ3n) is 2.46. The molecule has 0 radical (unpaired) electrons. The molecule has 2 aromatic heterocycles. The maximum absolute atomic E-state index is 11.9. The van der Waals surface area contributed by atoms with E-state index in [1.165, 1.54) is 11.3 Å². The van der Waals surface area contributed by atoms with Crippen LogP contribution in [0, 0.1) is 17.0 Å². The number of thiazole rings is 1. The molecule has 9 heteroatoms. The number of aromatic nitrogens is 2. The minimum Gasteiger partial charge on any atom is -0.383 e. The van der Waals surface area contributed by atoms with E-state index in [9.17, 15) is 14.9 Å². The highest BCUT2D eigenvalue weighted by atomic mass is 32.1. The number of nitro groups is 1. The van der Waals surface area contributed by atoms with Gasteiger partial charge < -0.3 is 11.1 Å². The molecule has 0 aromatic carbocycles. The van der Waals surface area contributed by atoms with E-state index in [4.69, 9.17) is 5.73 Å². The summed E-state index contributed by atoms with van der Waals surface area (Å²) in [5, 5.41) is 16.0. The zero-order valence-electron chi connectivity index (χ0n) is 10.5. The molecule has 2 aromatic rings. The molecule has 0 saturated carbocycles. The summed E-state index contributed by atoms with van der Waals surface area (Å²) in [7, 11) is 0. The van der Waals surface area contributed by atoms with Crippen LogP contribution in [0.2, 0.25) is 0 Å². The lowest BCUT2D eigenvalue weighted by Crippen LogP contribution is -2.24. The van der Waals surface area contributed by atoms with Crippen LogP contribution in [-0.2, 0) is 6.54 Å². The van der Waals surface area contributed by atoms with Crippen molar-refractivity contribution in [1.29, 1.82) is 0 Å². The molecule has 2 heterocycles. The fraction of sp³-hybridized carbons (Fsp3) is 0.182. The van der Waals surface area contributed by atoms with Gasteiger partial charge in [0.1, 0.15) is 12.0 Å². The van der Waals surface area contributed by atoms with Gasteiger partial charge in [0.15, 0.2) is 0 Å². The van der Waals surface area contributed by atoms with E-state index in [-0.39, 0.29) is 23.6 Å². The summed E-state index contributed by atoms with van der Waals surface area (Å²) >= 11 is 1.47. The van der Waals surface area contributed by atoms with E-state index in [0.29, 0.717) is 0 Å². The third-order valence-corrected chi connectivity index (χ3v) is 3.28. The Morgan fingerprint density at radius 3 is 2.95 bits per heavy atom. The van der Waals surface area contributed by atoms with Crippen LogP contribution < -0.4 is 11.1 Å². The monoisotopic (exact) mass is 293 g/mol. The second-order valence-electron chi connectivity index (χ2n) is 3.92. The average molecular weight is 293 g/mol. The number of pyridine rings is 1. The SMILES string of the molecule is Cc1nc(CNC(=O)c2cc([N+](=O)[O-])cnc2N)cs1. The predicted molar refractivity (Wildman–Crippen MR) is 73.3 cm³/mol. The molecular formula is C11H11N5O3S. The molecule has 3 N–H and O–H groups in total. The Labute approximate surface area is 117 Å². The molecule has 2 rings (SSSR count). The topological polar surface area (TPSA) is 124 Å². The molecule has 20 heavy (non-hydrogen) atoms. The first-order valence-electron chi connectivity index (χ1n) is 5.56. The quantitative estimate of drug-likeness (QED) is 0.646. The zero-order valence-corrected chi connectivity index (χ0v) is 11.3. The number of nitrogens with one attached hydrogen (secondary N) is 1. The molecule has 0 saturated heterocycles. The van der Waals surface area contributed by atoms with Crippen LogP contribution in [0.15, 0.2) is 17.6 Å². The minimum atomic E-state index is -0.632. The molecule has 0 unspecified atom stereocenters. The summed E-state index contributed by atoms with van der Waals surface area (Å²) in [6.45, 7) is 2.09. The van der Waals surface area contributed by atoms with Crippen LogP contribution >= 0.6 is 11.3 Å².